The third-order valence-electron chi connectivity index (χ3n) is 3.85. The predicted molar refractivity (Wildman–Crippen MR) is 108 cm³/mol. The summed E-state index contributed by atoms with van der Waals surface area (Å²) in [4.78, 5) is 36.2. The number of nitrogens with one attached hydrogen (secondary N) is 2. The van der Waals surface area contributed by atoms with E-state index in [0.717, 1.165) is 11.1 Å². The number of hydrogen-bond acceptors (Lipinski definition) is 4. The minimum atomic E-state index is -0.585. The molecule has 146 valence electrons. The smallest absolute Gasteiger partial charge is 0.331 e. The summed E-state index contributed by atoms with van der Waals surface area (Å²) in [6.07, 6.45) is 1.31. The van der Waals surface area contributed by atoms with Crippen LogP contribution in [0, 0.1) is 0 Å². The molecule has 2 amide bonds. The number of hydrogen-bond donors (Lipinski definition) is 2. The van der Waals surface area contributed by atoms with Gasteiger partial charge >= 0.3 is 5.97 Å². The Hall–Kier alpha value is -3.41. The number of benzene rings is 2. The van der Waals surface area contributed by atoms with Gasteiger partial charge < -0.3 is 15.4 Å². The van der Waals surface area contributed by atoms with Crippen LogP contribution in [-0.4, -0.2) is 24.4 Å². The van der Waals surface area contributed by atoms with Gasteiger partial charge in [-0.3, -0.25) is 9.59 Å². The van der Waals surface area contributed by atoms with Crippen molar-refractivity contribution in [1.29, 1.82) is 0 Å². The van der Waals surface area contributed by atoms with Crippen LogP contribution in [0.2, 0.25) is 0 Å². The van der Waals surface area contributed by atoms with Gasteiger partial charge in [0, 0.05) is 6.08 Å². The Morgan fingerprint density at radius 1 is 1.00 bits per heavy atom. The fourth-order valence-corrected chi connectivity index (χ4v) is 2.49. The van der Waals surface area contributed by atoms with Crippen LogP contribution in [0.25, 0.3) is 0 Å². The molecule has 0 unspecified atom stereocenters. The molecule has 0 aliphatic carbocycles. The van der Waals surface area contributed by atoms with Crippen molar-refractivity contribution in [3.8, 4) is 0 Å². The summed E-state index contributed by atoms with van der Waals surface area (Å²) in [6, 6.07) is 16.1. The van der Waals surface area contributed by atoms with Crippen molar-refractivity contribution in [2.45, 2.75) is 26.8 Å². The Bertz CT molecular complexity index is 871. The van der Waals surface area contributed by atoms with Gasteiger partial charge in [0.25, 0.3) is 11.8 Å². The van der Waals surface area contributed by atoms with E-state index in [0.29, 0.717) is 11.3 Å². The van der Waals surface area contributed by atoms with Crippen LogP contribution >= 0.6 is 0 Å². The summed E-state index contributed by atoms with van der Waals surface area (Å²) in [5, 5.41) is 5.53. The van der Waals surface area contributed by atoms with Crippen molar-refractivity contribution < 1.29 is 19.1 Å². The van der Waals surface area contributed by atoms with Gasteiger partial charge in [0.2, 0.25) is 0 Å². The molecule has 1 atom stereocenters. The van der Waals surface area contributed by atoms with Crippen LogP contribution in [0.3, 0.4) is 0 Å². The van der Waals surface area contributed by atoms with E-state index >= 15 is 0 Å². The van der Waals surface area contributed by atoms with Crippen LogP contribution in [0.5, 0.6) is 0 Å². The molecule has 28 heavy (non-hydrogen) atoms. The van der Waals surface area contributed by atoms with Gasteiger partial charge in [-0.1, -0.05) is 48.0 Å². The number of rotatable bonds is 7. The maximum absolute atomic E-state index is 12.7. The molecule has 6 heteroatoms. The molecule has 2 rings (SSSR count). The summed E-state index contributed by atoms with van der Waals surface area (Å²) >= 11 is 0. The summed E-state index contributed by atoms with van der Waals surface area (Å²) < 4.78 is 4.88. The standard InChI is InChI=1S/C22H24N2O4/c1-15(2)13-21(26)28-14-20(25)24-19-12-8-7-11-18(19)22(27)23-16(3)17-9-5-4-6-10-17/h4-13,16H,14H2,1-3H3,(H,23,27)(H,24,25)/t16-/m1/s1. The van der Waals surface area contributed by atoms with Crippen molar-refractivity contribution in [3.05, 3.63) is 77.4 Å². The van der Waals surface area contributed by atoms with Crippen LogP contribution in [-0.2, 0) is 14.3 Å². The first-order valence-corrected chi connectivity index (χ1v) is 8.93. The summed E-state index contributed by atoms with van der Waals surface area (Å²) in [5.41, 5.74) is 2.43. The molecule has 0 saturated heterocycles. The third-order valence-corrected chi connectivity index (χ3v) is 3.85. The van der Waals surface area contributed by atoms with E-state index in [-0.39, 0.29) is 11.9 Å². The lowest BCUT2D eigenvalue weighted by molar-refractivity contribution is -0.142. The second-order valence-electron chi connectivity index (χ2n) is 6.53. The Balaban J connectivity index is 2.01. The largest absolute Gasteiger partial charge is 0.452 e. The molecule has 2 aromatic rings. The molecule has 0 spiro atoms. The van der Waals surface area contributed by atoms with Crippen LogP contribution in [0.4, 0.5) is 5.69 Å². The first-order valence-electron chi connectivity index (χ1n) is 8.93. The van der Waals surface area contributed by atoms with E-state index in [9.17, 15) is 14.4 Å². The van der Waals surface area contributed by atoms with E-state index in [4.69, 9.17) is 4.74 Å². The van der Waals surface area contributed by atoms with Gasteiger partial charge in [-0.2, -0.15) is 0 Å². The maximum atomic E-state index is 12.7. The van der Waals surface area contributed by atoms with Gasteiger partial charge in [-0.15, -0.1) is 0 Å². The van der Waals surface area contributed by atoms with Gasteiger partial charge in [0.05, 0.1) is 17.3 Å². The summed E-state index contributed by atoms with van der Waals surface area (Å²) in [7, 11) is 0. The first-order chi connectivity index (χ1) is 13.4. The molecule has 0 heterocycles. The molecule has 2 aromatic carbocycles. The minimum Gasteiger partial charge on any atom is -0.452 e. The zero-order valence-electron chi connectivity index (χ0n) is 16.2. The Labute approximate surface area is 164 Å². The van der Waals surface area contributed by atoms with E-state index in [1.807, 2.05) is 37.3 Å². The number of carbonyl (C=O) groups excluding carboxylic acids is 3. The molecule has 0 aliphatic heterocycles. The molecule has 2 N–H and O–H groups in total. The molecule has 6 nitrogen and oxygen atoms in total. The van der Waals surface area contributed by atoms with Crippen LogP contribution in [0.15, 0.2) is 66.2 Å². The lowest BCUT2D eigenvalue weighted by atomic mass is 10.1. The number of carbonyl (C=O) groups is 3. The third kappa shape index (κ3) is 6.39. The Morgan fingerprint density at radius 2 is 1.64 bits per heavy atom. The highest BCUT2D eigenvalue weighted by atomic mass is 16.5. The van der Waals surface area contributed by atoms with Gasteiger partial charge in [0.15, 0.2) is 6.61 Å². The minimum absolute atomic E-state index is 0.192. The molecule has 0 radical (unpaired) electrons. The highest BCUT2D eigenvalue weighted by Gasteiger charge is 2.16. The van der Waals surface area contributed by atoms with Gasteiger partial charge in [-0.25, -0.2) is 4.79 Å². The molecule has 0 aliphatic rings. The number of amides is 2. The highest BCUT2D eigenvalue weighted by Crippen LogP contribution is 2.18. The van der Waals surface area contributed by atoms with E-state index in [1.54, 1.807) is 38.1 Å². The van der Waals surface area contributed by atoms with Crippen molar-refractivity contribution in [2.24, 2.45) is 0 Å². The molecule has 0 aromatic heterocycles. The number of anilines is 1. The molecule has 0 fully saturated rings. The van der Waals surface area contributed by atoms with Crippen LogP contribution in [0.1, 0.15) is 42.7 Å². The number of allylic oxidation sites excluding steroid dienone is 1. The van der Waals surface area contributed by atoms with Crippen LogP contribution < -0.4 is 10.6 Å². The zero-order chi connectivity index (χ0) is 20.5. The Kier molecular flexibility index (Phi) is 7.51. The lowest BCUT2D eigenvalue weighted by Gasteiger charge is -2.16. The second-order valence-corrected chi connectivity index (χ2v) is 6.53. The zero-order valence-corrected chi connectivity index (χ0v) is 16.2. The summed E-state index contributed by atoms with van der Waals surface area (Å²) in [5.74, 6) is -1.42. The van der Waals surface area contributed by atoms with Crippen molar-refractivity contribution >= 4 is 23.5 Å². The summed E-state index contributed by atoms with van der Waals surface area (Å²) in [6.45, 7) is 4.97. The van der Waals surface area contributed by atoms with Crippen molar-refractivity contribution in [3.63, 3.8) is 0 Å². The normalized spacial score (nSPS) is 11.1. The molecular formula is C22H24N2O4. The van der Waals surface area contributed by atoms with E-state index < -0.39 is 18.5 Å². The fraction of sp³-hybridized carbons (Fsp3) is 0.227. The van der Waals surface area contributed by atoms with E-state index in [2.05, 4.69) is 10.6 Å². The topological polar surface area (TPSA) is 84.5 Å². The van der Waals surface area contributed by atoms with Crippen molar-refractivity contribution in [2.75, 3.05) is 11.9 Å². The number of esters is 1. The molecular weight excluding hydrogens is 356 g/mol. The quantitative estimate of drug-likeness (QED) is 0.567. The number of para-hydroxylation sites is 1. The van der Waals surface area contributed by atoms with Gasteiger partial charge in [-0.05, 0) is 38.5 Å². The Morgan fingerprint density at radius 3 is 2.32 bits per heavy atom. The number of ether oxygens (including phenoxy) is 1. The fourth-order valence-electron chi connectivity index (χ4n) is 2.49. The average molecular weight is 380 g/mol. The van der Waals surface area contributed by atoms with Gasteiger partial charge in [0.1, 0.15) is 0 Å². The SMILES string of the molecule is CC(C)=CC(=O)OCC(=O)Nc1ccccc1C(=O)N[C@H](C)c1ccccc1. The van der Waals surface area contributed by atoms with E-state index in [1.165, 1.54) is 6.08 Å². The van der Waals surface area contributed by atoms with Crippen molar-refractivity contribution in [1.82, 2.24) is 5.32 Å². The lowest BCUT2D eigenvalue weighted by Crippen LogP contribution is -2.28. The second kappa shape index (κ2) is 10.1. The first kappa shape index (κ1) is 20.9. The molecule has 0 saturated carbocycles. The average Bonchev–Trinajstić information content (AvgIpc) is 2.67. The monoisotopic (exact) mass is 380 g/mol. The maximum Gasteiger partial charge on any atom is 0.331 e. The highest BCUT2D eigenvalue weighted by molar-refractivity contribution is 6.04. The predicted octanol–water partition coefficient (Wildman–Crippen LogP) is 3.63. The molecule has 0 bridgehead atoms.